The number of ether oxygens (including phenoxy) is 2. The third-order valence-electron chi connectivity index (χ3n) is 4.01. The fraction of sp³-hybridized carbons (Fsp3) is 0.0833. The number of carbonyl (C=O) groups excluding carboxylic acids is 1. The molecule has 3 aromatic rings. The third kappa shape index (κ3) is 6.07. The molecule has 5 nitrogen and oxygen atoms in total. The van der Waals surface area contributed by atoms with Crippen LogP contribution in [-0.2, 0) is 6.61 Å². The zero-order valence-electron chi connectivity index (χ0n) is 16.0. The molecule has 0 saturated carbocycles. The van der Waals surface area contributed by atoms with Crippen molar-refractivity contribution in [3.8, 4) is 11.5 Å². The average Bonchev–Trinajstić information content (AvgIpc) is 2.78. The van der Waals surface area contributed by atoms with Gasteiger partial charge < -0.3 is 9.47 Å². The van der Waals surface area contributed by atoms with Crippen LogP contribution in [0.4, 0.5) is 0 Å². The van der Waals surface area contributed by atoms with E-state index < -0.39 is 0 Å². The fourth-order valence-electron chi connectivity index (χ4n) is 2.54. The Hall–Kier alpha value is -3.86. The highest BCUT2D eigenvalue weighted by atomic mass is 16.5. The number of nitrogens with one attached hydrogen (secondary N) is 1. The van der Waals surface area contributed by atoms with E-state index in [0.29, 0.717) is 30.3 Å². The summed E-state index contributed by atoms with van der Waals surface area (Å²) in [5, 5.41) is 4.02. The molecule has 29 heavy (non-hydrogen) atoms. The van der Waals surface area contributed by atoms with Crippen LogP contribution in [0.3, 0.4) is 0 Å². The molecule has 3 rings (SSSR count). The number of hydrogen-bond donors (Lipinski definition) is 1. The van der Waals surface area contributed by atoms with E-state index in [0.717, 1.165) is 11.1 Å². The van der Waals surface area contributed by atoms with Crippen molar-refractivity contribution in [3.05, 3.63) is 108 Å². The van der Waals surface area contributed by atoms with Crippen molar-refractivity contribution in [2.24, 2.45) is 5.10 Å². The number of carbonyl (C=O) groups is 1. The van der Waals surface area contributed by atoms with Gasteiger partial charge in [-0.15, -0.1) is 0 Å². The molecule has 0 aliphatic carbocycles. The summed E-state index contributed by atoms with van der Waals surface area (Å²) < 4.78 is 11.3. The summed E-state index contributed by atoms with van der Waals surface area (Å²) in [5.41, 5.74) is 4.86. The van der Waals surface area contributed by atoms with Crippen molar-refractivity contribution in [1.82, 2.24) is 5.43 Å². The molecule has 146 valence electrons. The Kier molecular flexibility index (Phi) is 7.18. The molecular weight excluding hydrogens is 364 g/mol. The quantitative estimate of drug-likeness (QED) is 0.332. The highest BCUT2D eigenvalue weighted by Crippen LogP contribution is 2.16. The standard InChI is InChI=1S/C24H22N2O3/c1-2-16-28-23-11-7-6-10-21(23)17-25-26-24(27)20-12-14-22(15-13-20)29-18-19-8-4-3-5-9-19/h2-15,17H,1,16,18H2,(H,26,27)/b25-17+. The Morgan fingerprint density at radius 2 is 1.66 bits per heavy atom. The van der Waals surface area contributed by atoms with Crippen molar-refractivity contribution in [1.29, 1.82) is 0 Å². The van der Waals surface area contributed by atoms with Crippen LogP contribution in [0.2, 0.25) is 0 Å². The van der Waals surface area contributed by atoms with Crippen molar-refractivity contribution < 1.29 is 14.3 Å². The SMILES string of the molecule is C=CCOc1ccccc1/C=N/NC(=O)c1ccc(OCc2ccccc2)cc1. The van der Waals surface area contributed by atoms with Crippen molar-refractivity contribution in [2.45, 2.75) is 6.61 Å². The van der Waals surface area contributed by atoms with E-state index in [1.807, 2.05) is 54.6 Å². The van der Waals surface area contributed by atoms with Gasteiger partial charge in [-0.2, -0.15) is 5.10 Å². The summed E-state index contributed by atoms with van der Waals surface area (Å²) in [6.07, 6.45) is 3.22. The molecule has 1 amide bonds. The maximum absolute atomic E-state index is 12.3. The number of nitrogens with zero attached hydrogens (tertiary/aromatic N) is 1. The molecule has 0 bridgehead atoms. The van der Waals surface area contributed by atoms with Gasteiger partial charge >= 0.3 is 0 Å². The van der Waals surface area contributed by atoms with Crippen LogP contribution in [0, 0.1) is 0 Å². The minimum Gasteiger partial charge on any atom is -0.489 e. The first kappa shape index (κ1) is 19.9. The van der Waals surface area contributed by atoms with E-state index in [1.165, 1.54) is 0 Å². The normalized spacial score (nSPS) is 10.5. The summed E-state index contributed by atoms with van der Waals surface area (Å²) in [6.45, 7) is 4.51. The molecule has 5 heteroatoms. The van der Waals surface area contributed by atoms with Gasteiger partial charge in [0.2, 0.25) is 0 Å². The molecule has 0 heterocycles. The lowest BCUT2D eigenvalue weighted by molar-refractivity contribution is 0.0955. The molecule has 3 aromatic carbocycles. The van der Waals surface area contributed by atoms with Crippen LogP contribution in [0.25, 0.3) is 0 Å². The molecule has 0 unspecified atom stereocenters. The molecule has 0 aliphatic heterocycles. The number of para-hydroxylation sites is 1. The van der Waals surface area contributed by atoms with E-state index in [-0.39, 0.29) is 5.91 Å². The highest BCUT2D eigenvalue weighted by Gasteiger charge is 2.05. The van der Waals surface area contributed by atoms with Crippen LogP contribution in [0.5, 0.6) is 11.5 Å². The molecule has 0 saturated heterocycles. The van der Waals surface area contributed by atoms with Crippen molar-refractivity contribution in [3.63, 3.8) is 0 Å². The number of benzene rings is 3. The van der Waals surface area contributed by atoms with Gasteiger partial charge in [-0.1, -0.05) is 55.1 Å². The smallest absolute Gasteiger partial charge is 0.271 e. The zero-order valence-corrected chi connectivity index (χ0v) is 16.0. The molecule has 0 aliphatic rings. The van der Waals surface area contributed by atoms with Gasteiger partial charge in [0.15, 0.2) is 0 Å². The van der Waals surface area contributed by atoms with E-state index in [4.69, 9.17) is 9.47 Å². The van der Waals surface area contributed by atoms with Crippen molar-refractivity contribution >= 4 is 12.1 Å². The Bertz CT molecular complexity index is 967. The highest BCUT2D eigenvalue weighted by molar-refractivity contribution is 5.95. The largest absolute Gasteiger partial charge is 0.489 e. The molecule has 0 atom stereocenters. The van der Waals surface area contributed by atoms with E-state index in [1.54, 1.807) is 36.6 Å². The first-order valence-electron chi connectivity index (χ1n) is 9.19. The maximum Gasteiger partial charge on any atom is 0.271 e. The summed E-state index contributed by atoms with van der Waals surface area (Å²) in [5.74, 6) is 1.06. The second kappa shape index (κ2) is 10.5. The first-order valence-corrected chi connectivity index (χ1v) is 9.19. The first-order chi connectivity index (χ1) is 14.3. The number of hydrogen-bond acceptors (Lipinski definition) is 4. The van der Waals surface area contributed by atoms with Gasteiger partial charge in [0.05, 0.1) is 6.21 Å². The lowest BCUT2D eigenvalue weighted by atomic mass is 10.2. The number of amides is 1. The Morgan fingerprint density at radius 1 is 0.931 bits per heavy atom. The zero-order chi connectivity index (χ0) is 20.3. The Morgan fingerprint density at radius 3 is 2.41 bits per heavy atom. The molecule has 0 aromatic heterocycles. The molecule has 0 spiro atoms. The lowest BCUT2D eigenvalue weighted by Crippen LogP contribution is -2.17. The Labute approximate surface area is 170 Å². The van der Waals surface area contributed by atoms with E-state index >= 15 is 0 Å². The number of hydrazone groups is 1. The van der Waals surface area contributed by atoms with Crippen LogP contribution in [-0.4, -0.2) is 18.7 Å². The second-order valence-corrected chi connectivity index (χ2v) is 6.14. The minimum atomic E-state index is -0.305. The summed E-state index contributed by atoms with van der Waals surface area (Å²) >= 11 is 0. The minimum absolute atomic E-state index is 0.305. The topological polar surface area (TPSA) is 59.9 Å². The third-order valence-corrected chi connectivity index (χ3v) is 4.01. The predicted octanol–water partition coefficient (Wildman–Crippen LogP) is 4.59. The van der Waals surface area contributed by atoms with Crippen LogP contribution in [0.15, 0.2) is 96.6 Å². The van der Waals surface area contributed by atoms with Gasteiger partial charge in [0, 0.05) is 11.1 Å². The predicted molar refractivity (Wildman–Crippen MR) is 114 cm³/mol. The monoisotopic (exact) mass is 386 g/mol. The fourth-order valence-corrected chi connectivity index (χ4v) is 2.54. The van der Waals surface area contributed by atoms with Gasteiger partial charge in [0.1, 0.15) is 24.7 Å². The van der Waals surface area contributed by atoms with Crippen molar-refractivity contribution in [2.75, 3.05) is 6.61 Å². The molecule has 0 radical (unpaired) electrons. The molecular formula is C24H22N2O3. The maximum atomic E-state index is 12.3. The van der Waals surface area contributed by atoms with Crippen LogP contribution < -0.4 is 14.9 Å². The summed E-state index contributed by atoms with van der Waals surface area (Å²) in [6, 6.07) is 24.3. The van der Waals surface area contributed by atoms with Gasteiger partial charge in [0.25, 0.3) is 5.91 Å². The Balaban J connectivity index is 1.54. The van der Waals surface area contributed by atoms with Gasteiger partial charge in [-0.05, 0) is 42.0 Å². The lowest BCUT2D eigenvalue weighted by Gasteiger charge is -2.07. The van der Waals surface area contributed by atoms with E-state index in [9.17, 15) is 4.79 Å². The average molecular weight is 386 g/mol. The second-order valence-electron chi connectivity index (χ2n) is 6.14. The van der Waals surface area contributed by atoms with Gasteiger partial charge in [-0.3, -0.25) is 4.79 Å². The summed E-state index contributed by atoms with van der Waals surface area (Å²) in [7, 11) is 0. The molecule has 0 fully saturated rings. The van der Waals surface area contributed by atoms with Crippen LogP contribution >= 0.6 is 0 Å². The molecule has 1 N–H and O–H groups in total. The van der Waals surface area contributed by atoms with Crippen LogP contribution in [0.1, 0.15) is 21.5 Å². The summed E-state index contributed by atoms with van der Waals surface area (Å²) in [4.78, 5) is 12.3. The van der Waals surface area contributed by atoms with E-state index in [2.05, 4.69) is 17.1 Å². The number of rotatable bonds is 9. The van der Waals surface area contributed by atoms with Gasteiger partial charge in [-0.25, -0.2) is 5.43 Å².